The summed E-state index contributed by atoms with van der Waals surface area (Å²) in [5.74, 6) is -0.317. The van der Waals surface area contributed by atoms with E-state index >= 15 is 0 Å². The van der Waals surface area contributed by atoms with E-state index in [0.29, 0.717) is 12.2 Å². The van der Waals surface area contributed by atoms with Crippen LogP contribution in [0.2, 0.25) is 0 Å². The highest BCUT2D eigenvalue weighted by Crippen LogP contribution is 2.22. The monoisotopic (exact) mass is 256 g/mol. The Hall–Kier alpha value is -2.13. The van der Waals surface area contributed by atoms with E-state index in [-0.39, 0.29) is 12.6 Å². The summed E-state index contributed by atoms with van der Waals surface area (Å²) in [6.45, 7) is 2.15. The van der Waals surface area contributed by atoms with E-state index in [1.165, 1.54) is 0 Å². The van der Waals surface area contributed by atoms with E-state index < -0.39 is 0 Å². The van der Waals surface area contributed by atoms with Crippen LogP contribution in [0.3, 0.4) is 0 Å². The molecule has 0 saturated heterocycles. The fourth-order valence-electron chi connectivity index (χ4n) is 1.89. The van der Waals surface area contributed by atoms with E-state index in [2.05, 4.69) is 0 Å². The Kier molecular flexibility index (Phi) is 4.31. The summed E-state index contributed by atoms with van der Waals surface area (Å²) in [6.07, 6.45) is 0. The minimum atomic E-state index is -0.317. The smallest absolute Gasteiger partial charge is 0.338 e. The lowest BCUT2D eigenvalue weighted by Gasteiger charge is -2.06. The average Bonchev–Trinajstić information content (AvgIpc) is 2.48. The molecule has 0 aliphatic carbocycles. The van der Waals surface area contributed by atoms with Crippen molar-refractivity contribution in [2.24, 2.45) is 0 Å². The van der Waals surface area contributed by atoms with Gasteiger partial charge in [-0.1, -0.05) is 30.3 Å². The first-order chi connectivity index (χ1) is 9.24. The van der Waals surface area contributed by atoms with Crippen LogP contribution in [0.4, 0.5) is 0 Å². The zero-order valence-electron chi connectivity index (χ0n) is 10.8. The first-order valence-electron chi connectivity index (χ1n) is 6.22. The Morgan fingerprint density at radius 1 is 1.11 bits per heavy atom. The normalized spacial score (nSPS) is 10.2. The van der Waals surface area contributed by atoms with Crippen molar-refractivity contribution < 1.29 is 14.6 Å². The summed E-state index contributed by atoms with van der Waals surface area (Å²) in [5.41, 5.74) is 3.28. The van der Waals surface area contributed by atoms with Crippen molar-refractivity contribution >= 4 is 5.97 Å². The van der Waals surface area contributed by atoms with Gasteiger partial charge in [0.25, 0.3) is 0 Å². The van der Waals surface area contributed by atoms with Gasteiger partial charge in [0.15, 0.2) is 0 Å². The van der Waals surface area contributed by atoms with E-state index in [9.17, 15) is 4.79 Å². The highest BCUT2D eigenvalue weighted by atomic mass is 16.5. The van der Waals surface area contributed by atoms with Crippen molar-refractivity contribution in [3.8, 4) is 11.1 Å². The van der Waals surface area contributed by atoms with Crippen LogP contribution < -0.4 is 0 Å². The molecular weight excluding hydrogens is 240 g/mol. The second-order valence-corrected chi connectivity index (χ2v) is 4.16. The maximum absolute atomic E-state index is 11.7. The molecule has 0 saturated carbocycles. The summed E-state index contributed by atoms with van der Waals surface area (Å²) in [4.78, 5) is 11.7. The van der Waals surface area contributed by atoms with Gasteiger partial charge in [-0.3, -0.25) is 0 Å². The number of carbonyl (C=O) groups is 1. The molecule has 0 aliphatic heterocycles. The maximum atomic E-state index is 11.7. The van der Waals surface area contributed by atoms with Gasteiger partial charge >= 0.3 is 5.97 Å². The number of benzene rings is 2. The van der Waals surface area contributed by atoms with Crippen molar-refractivity contribution in [1.82, 2.24) is 0 Å². The Morgan fingerprint density at radius 3 is 2.47 bits per heavy atom. The van der Waals surface area contributed by atoms with Crippen LogP contribution in [-0.4, -0.2) is 17.7 Å². The van der Waals surface area contributed by atoms with Gasteiger partial charge in [0.1, 0.15) is 0 Å². The molecule has 19 heavy (non-hydrogen) atoms. The van der Waals surface area contributed by atoms with Crippen LogP contribution in [0.15, 0.2) is 48.5 Å². The number of carbonyl (C=O) groups excluding carboxylic acids is 1. The fourth-order valence-corrected chi connectivity index (χ4v) is 1.89. The number of hydrogen-bond acceptors (Lipinski definition) is 3. The molecule has 0 fully saturated rings. The second-order valence-electron chi connectivity index (χ2n) is 4.16. The quantitative estimate of drug-likeness (QED) is 0.855. The predicted octanol–water partition coefficient (Wildman–Crippen LogP) is 3.02. The van der Waals surface area contributed by atoms with Gasteiger partial charge < -0.3 is 9.84 Å². The number of rotatable bonds is 4. The second kappa shape index (κ2) is 6.16. The molecule has 2 aromatic rings. The maximum Gasteiger partial charge on any atom is 0.338 e. The summed E-state index contributed by atoms with van der Waals surface area (Å²) >= 11 is 0. The lowest BCUT2D eigenvalue weighted by molar-refractivity contribution is 0.0526. The highest BCUT2D eigenvalue weighted by molar-refractivity contribution is 5.91. The largest absolute Gasteiger partial charge is 0.462 e. The van der Waals surface area contributed by atoms with Crippen LogP contribution >= 0.6 is 0 Å². The van der Waals surface area contributed by atoms with Gasteiger partial charge in [-0.2, -0.15) is 0 Å². The number of esters is 1. The molecule has 0 aromatic heterocycles. The predicted molar refractivity (Wildman–Crippen MR) is 73.8 cm³/mol. The zero-order chi connectivity index (χ0) is 13.7. The van der Waals surface area contributed by atoms with Gasteiger partial charge in [0, 0.05) is 0 Å². The molecule has 0 unspecified atom stereocenters. The lowest BCUT2D eigenvalue weighted by atomic mass is 10.0. The minimum Gasteiger partial charge on any atom is -0.462 e. The number of aliphatic hydroxyl groups is 1. The molecule has 0 bridgehead atoms. The van der Waals surface area contributed by atoms with Crippen LogP contribution in [0.5, 0.6) is 0 Å². The average molecular weight is 256 g/mol. The fraction of sp³-hybridized carbons (Fsp3) is 0.188. The molecule has 0 amide bonds. The molecule has 3 nitrogen and oxygen atoms in total. The summed E-state index contributed by atoms with van der Waals surface area (Å²) in [7, 11) is 0. The van der Waals surface area contributed by atoms with Crippen LogP contribution in [0.25, 0.3) is 11.1 Å². The first-order valence-corrected chi connectivity index (χ1v) is 6.22. The molecule has 3 heteroatoms. The molecule has 1 N–H and O–H groups in total. The molecule has 0 spiro atoms. The van der Waals surface area contributed by atoms with Crippen molar-refractivity contribution in [3.05, 3.63) is 59.7 Å². The van der Waals surface area contributed by atoms with Gasteiger partial charge in [-0.25, -0.2) is 4.79 Å². The number of aliphatic hydroxyl groups excluding tert-OH is 1. The Labute approximate surface area is 112 Å². The topological polar surface area (TPSA) is 46.5 Å². The van der Waals surface area contributed by atoms with Gasteiger partial charge in [-0.05, 0) is 41.8 Å². The molecule has 0 aliphatic rings. The Balaban J connectivity index is 2.34. The molecule has 0 heterocycles. The van der Waals surface area contributed by atoms with Crippen LogP contribution in [0, 0.1) is 0 Å². The van der Waals surface area contributed by atoms with E-state index in [1.807, 2.05) is 36.4 Å². The molecule has 98 valence electrons. The molecule has 2 aromatic carbocycles. The lowest BCUT2D eigenvalue weighted by Crippen LogP contribution is -2.04. The van der Waals surface area contributed by atoms with E-state index in [1.54, 1.807) is 19.1 Å². The summed E-state index contributed by atoms with van der Waals surface area (Å²) in [5, 5.41) is 9.15. The van der Waals surface area contributed by atoms with Crippen molar-refractivity contribution in [2.45, 2.75) is 13.5 Å². The molecule has 0 atom stereocenters. The minimum absolute atomic E-state index is 0.00536. The highest BCUT2D eigenvalue weighted by Gasteiger charge is 2.07. The molecule has 2 rings (SSSR count). The molecule has 0 radical (unpaired) electrons. The summed E-state index contributed by atoms with van der Waals surface area (Å²) in [6, 6.07) is 14.9. The first kappa shape index (κ1) is 13.3. The zero-order valence-corrected chi connectivity index (χ0v) is 10.8. The number of hydrogen-bond donors (Lipinski definition) is 1. The van der Waals surface area contributed by atoms with Gasteiger partial charge in [0.2, 0.25) is 0 Å². The Bertz CT molecular complexity index is 576. The SMILES string of the molecule is CCOC(=O)c1cccc(-c2cccc(CO)c2)c1. The summed E-state index contributed by atoms with van der Waals surface area (Å²) < 4.78 is 4.98. The van der Waals surface area contributed by atoms with Gasteiger partial charge in [0.05, 0.1) is 18.8 Å². The van der Waals surface area contributed by atoms with Crippen LogP contribution in [0.1, 0.15) is 22.8 Å². The third-order valence-corrected chi connectivity index (χ3v) is 2.82. The molecular formula is C16H16O3. The number of ether oxygens (including phenoxy) is 1. The van der Waals surface area contributed by atoms with E-state index in [4.69, 9.17) is 9.84 Å². The van der Waals surface area contributed by atoms with Gasteiger partial charge in [-0.15, -0.1) is 0 Å². The van der Waals surface area contributed by atoms with Crippen molar-refractivity contribution in [2.75, 3.05) is 6.61 Å². The third kappa shape index (κ3) is 3.20. The van der Waals surface area contributed by atoms with Crippen LogP contribution in [-0.2, 0) is 11.3 Å². The van der Waals surface area contributed by atoms with Crippen molar-refractivity contribution in [3.63, 3.8) is 0 Å². The van der Waals surface area contributed by atoms with Crippen molar-refractivity contribution in [1.29, 1.82) is 0 Å². The van der Waals surface area contributed by atoms with E-state index in [0.717, 1.165) is 16.7 Å². The Morgan fingerprint density at radius 2 is 1.79 bits per heavy atom. The third-order valence-electron chi connectivity index (χ3n) is 2.82. The standard InChI is InChI=1S/C16H16O3/c1-2-19-16(18)15-8-4-7-14(10-15)13-6-3-5-12(9-13)11-17/h3-10,17H,2,11H2,1H3.